The third-order valence-corrected chi connectivity index (χ3v) is 4.93. The van der Waals surface area contributed by atoms with Gasteiger partial charge in [0.05, 0.1) is 0 Å². The highest BCUT2D eigenvalue weighted by atomic mass is 16.2. The average Bonchev–Trinajstić information content (AvgIpc) is 2.70. The maximum absolute atomic E-state index is 12.9. The highest BCUT2D eigenvalue weighted by molar-refractivity contribution is 5.92. The third-order valence-electron chi connectivity index (χ3n) is 4.93. The smallest absolute Gasteiger partial charge is 0.246 e. The molecule has 0 radical (unpaired) electrons. The summed E-state index contributed by atoms with van der Waals surface area (Å²) >= 11 is 0. The van der Waals surface area contributed by atoms with Crippen LogP contribution in [0.1, 0.15) is 22.3 Å². The summed E-state index contributed by atoms with van der Waals surface area (Å²) in [5, 5.41) is 3.40. The van der Waals surface area contributed by atoms with Crippen LogP contribution in [0.5, 0.6) is 0 Å². The maximum atomic E-state index is 12.9. The Bertz CT molecular complexity index is 783. The molecule has 1 N–H and O–H groups in total. The van der Waals surface area contributed by atoms with Crippen molar-refractivity contribution in [3.8, 4) is 0 Å². The Morgan fingerprint density at radius 2 is 1.89 bits per heavy atom. The first-order valence-electron chi connectivity index (χ1n) is 9.60. The molecule has 4 nitrogen and oxygen atoms in total. The van der Waals surface area contributed by atoms with Crippen molar-refractivity contribution in [1.82, 2.24) is 15.1 Å². The molecule has 0 saturated heterocycles. The summed E-state index contributed by atoms with van der Waals surface area (Å²) in [5.74, 6) is 0.0623. The number of carbonyl (C=O) groups is 1. The van der Waals surface area contributed by atoms with Crippen molar-refractivity contribution in [2.75, 3.05) is 33.7 Å². The molecule has 2 aromatic carbocycles. The lowest BCUT2D eigenvalue weighted by molar-refractivity contribution is -0.126. The number of nitrogens with one attached hydrogen (secondary N) is 1. The molecule has 2 aromatic rings. The van der Waals surface area contributed by atoms with Gasteiger partial charge >= 0.3 is 0 Å². The van der Waals surface area contributed by atoms with Crippen LogP contribution >= 0.6 is 0 Å². The summed E-state index contributed by atoms with van der Waals surface area (Å²) in [5.41, 5.74) is 5.02. The fourth-order valence-electron chi connectivity index (χ4n) is 3.38. The molecule has 0 saturated carbocycles. The van der Waals surface area contributed by atoms with E-state index in [0.717, 1.165) is 37.2 Å². The first kappa shape index (κ1) is 19.3. The second kappa shape index (κ2) is 9.49. The summed E-state index contributed by atoms with van der Waals surface area (Å²) < 4.78 is 0. The van der Waals surface area contributed by atoms with Crippen LogP contribution in [0.2, 0.25) is 0 Å². The van der Waals surface area contributed by atoms with Gasteiger partial charge in [0.25, 0.3) is 0 Å². The van der Waals surface area contributed by atoms with Crippen molar-refractivity contribution < 1.29 is 4.79 Å². The predicted molar refractivity (Wildman–Crippen MR) is 111 cm³/mol. The molecule has 1 aliphatic rings. The minimum atomic E-state index is 0.0623. The normalized spacial score (nSPS) is 13.7. The lowest BCUT2D eigenvalue weighted by Gasteiger charge is -2.23. The van der Waals surface area contributed by atoms with Crippen LogP contribution in [0.4, 0.5) is 0 Å². The molecule has 1 heterocycles. The van der Waals surface area contributed by atoms with Crippen LogP contribution in [-0.2, 0) is 24.3 Å². The van der Waals surface area contributed by atoms with Crippen molar-refractivity contribution in [3.63, 3.8) is 0 Å². The highest BCUT2D eigenvalue weighted by Gasteiger charge is 2.14. The van der Waals surface area contributed by atoms with E-state index in [2.05, 4.69) is 40.5 Å². The van der Waals surface area contributed by atoms with Gasteiger partial charge in [-0.1, -0.05) is 48.5 Å². The van der Waals surface area contributed by atoms with Gasteiger partial charge in [0, 0.05) is 32.3 Å². The number of benzene rings is 2. The zero-order chi connectivity index (χ0) is 19.1. The number of likely N-dealkylation sites (N-methyl/N-ethyl adjacent to an activating group) is 1. The van der Waals surface area contributed by atoms with Gasteiger partial charge in [0.15, 0.2) is 0 Å². The van der Waals surface area contributed by atoms with Crippen molar-refractivity contribution in [2.45, 2.75) is 19.5 Å². The van der Waals surface area contributed by atoms with E-state index >= 15 is 0 Å². The summed E-state index contributed by atoms with van der Waals surface area (Å²) in [7, 11) is 4.07. The van der Waals surface area contributed by atoms with Crippen molar-refractivity contribution in [3.05, 3.63) is 76.9 Å². The van der Waals surface area contributed by atoms with Crippen LogP contribution in [0.3, 0.4) is 0 Å². The Kier molecular flexibility index (Phi) is 6.80. The molecule has 0 atom stereocenters. The molecule has 0 unspecified atom stereocenters. The van der Waals surface area contributed by atoms with Gasteiger partial charge in [0.2, 0.25) is 5.91 Å². The molecule has 1 amide bonds. The van der Waals surface area contributed by atoms with E-state index in [4.69, 9.17) is 0 Å². The Morgan fingerprint density at radius 1 is 1.07 bits per heavy atom. The second-order valence-corrected chi connectivity index (χ2v) is 7.29. The van der Waals surface area contributed by atoms with Gasteiger partial charge in [-0.05, 0) is 55.4 Å². The number of hydrogen-bond donors (Lipinski definition) is 1. The van der Waals surface area contributed by atoms with Gasteiger partial charge in [-0.25, -0.2) is 0 Å². The number of rotatable bonds is 7. The standard InChI is InChI=1S/C23H29N3O/c1-25(2)15-16-26(18-19-7-4-3-5-8-19)23(27)12-11-20-9-6-10-21-17-24-14-13-22(20)21/h3-12,24H,13-18H2,1-2H3/b12-11+. The Labute approximate surface area is 162 Å². The SMILES string of the molecule is CN(C)CCN(Cc1ccccc1)C(=O)/C=C/c1cccc2c1CCNC2. The topological polar surface area (TPSA) is 35.6 Å². The molecule has 0 fully saturated rings. The van der Waals surface area contributed by atoms with E-state index in [1.165, 1.54) is 11.1 Å². The molecule has 3 rings (SSSR count). The Balaban J connectivity index is 1.74. The summed E-state index contributed by atoms with van der Waals surface area (Å²) in [6.45, 7) is 4.10. The molecule has 27 heavy (non-hydrogen) atoms. The number of fused-ring (bicyclic) bond motifs is 1. The van der Waals surface area contributed by atoms with E-state index in [0.29, 0.717) is 13.1 Å². The summed E-state index contributed by atoms with van der Waals surface area (Å²) in [6, 6.07) is 16.5. The van der Waals surface area contributed by atoms with Crippen LogP contribution < -0.4 is 5.32 Å². The number of nitrogens with zero attached hydrogens (tertiary/aromatic N) is 2. The minimum absolute atomic E-state index is 0.0623. The monoisotopic (exact) mass is 363 g/mol. The molecular formula is C23H29N3O. The third kappa shape index (κ3) is 5.52. The maximum Gasteiger partial charge on any atom is 0.246 e. The molecule has 4 heteroatoms. The lowest BCUT2D eigenvalue weighted by Crippen LogP contribution is -2.35. The first-order chi connectivity index (χ1) is 13.1. The van der Waals surface area contributed by atoms with Gasteiger partial charge in [-0.3, -0.25) is 4.79 Å². The molecule has 142 valence electrons. The van der Waals surface area contributed by atoms with Gasteiger partial charge in [0.1, 0.15) is 0 Å². The molecule has 1 aliphatic heterocycles. The average molecular weight is 364 g/mol. The minimum Gasteiger partial charge on any atom is -0.334 e. The molecule has 0 aromatic heterocycles. The summed E-state index contributed by atoms with van der Waals surface area (Å²) in [6.07, 6.45) is 4.73. The van der Waals surface area contributed by atoms with E-state index < -0.39 is 0 Å². The van der Waals surface area contributed by atoms with Crippen LogP contribution in [0.25, 0.3) is 6.08 Å². The Hall–Kier alpha value is -2.43. The van der Waals surface area contributed by atoms with E-state index in [1.807, 2.05) is 43.3 Å². The van der Waals surface area contributed by atoms with Crippen molar-refractivity contribution >= 4 is 12.0 Å². The molecular weight excluding hydrogens is 334 g/mol. The largest absolute Gasteiger partial charge is 0.334 e. The van der Waals surface area contributed by atoms with Crippen LogP contribution in [-0.4, -0.2) is 49.4 Å². The number of amides is 1. The van der Waals surface area contributed by atoms with Crippen molar-refractivity contribution in [2.24, 2.45) is 0 Å². The van der Waals surface area contributed by atoms with E-state index in [9.17, 15) is 4.79 Å². The zero-order valence-corrected chi connectivity index (χ0v) is 16.3. The predicted octanol–water partition coefficient (Wildman–Crippen LogP) is 2.94. The van der Waals surface area contributed by atoms with Gasteiger partial charge < -0.3 is 15.1 Å². The Morgan fingerprint density at radius 3 is 2.67 bits per heavy atom. The fraction of sp³-hybridized carbons (Fsp3) is 0.348. The van der Waals surface area contributed by atoms with Gasteiger partial charge in [-0.15, -0.1) is 0 Å². The number of carbonyl (C=O) groups excluding carboxylic acids is 1. The fourth-order valence-corrected chi connectivity index (χ4v) is 3.38. The summed E-state index contributed by atoms with van der Waals surface area (Å²) in [4.78, 5) is 16.9. The van der Waals surface area contributed by atoms with Crippen molar-refractivity contribution in [1.29, 1.82) is 0 Å². The van der Waals surface area contributed by atoms with E-state index in [-0.39, 0.29) is 5.91 Å². The van der Waals surface area contributed by atoms with Crippen LogP contribution in [0.15, 0.2) is 54.6 Å². The van der Waals surface area contributed by atoms with Gasteiger partial charge in [-0.2, -0.15) is 0 Å². The molecule has 0 spiro atoms. The first-order valence-corrected chi connectivity index (χ1v) is 9.60. The zero-order valence-electron chi connectivity index (χ0n) is 16.3. The quantitative estimate of drug-likeness (QED) is 0.769. The lowest BCUT2D eigenvalue weighted by atomic mass is 9.95. The number of hydrogen-bond acceptors (Lipinski definition) is 3. The van der Waals surface area contributed by atoms with E-state index in [1.54, 1.807) is 6.08 Å². The van der Waals surface area contributed by atoms with Crippen LogP contribution in [0, 0.1) is 0 Å². The molecule has 0 bridgehead atoms. The molecule has 0 aliphatic carbocycles. The second-order valence-electron chi connectivity index (χ2n) is 7.29. The highest BCUT2D eigenvalue weighted by Crippen LogP contribution is 2.20.